The maximum Gasteiger partial charge on any atom is 0.0859 e. The fraction of sp³-hybridized carbons (Fsp3) is 0.500. The fourth-order valence-corrected chi connectivity index (χ4v) is 1.00. The molecule has 0 fully saturated rings. The molecule has 0 bridgehead atoms. The molecule has 1 aliphatic heterocycles. The van der Waals surface area contributed by atoms with E-state index >= 15 is 0 Å². The van der Waals surface area contributed by atoms with Crippen LogP contribution in [-0.4, -0.2) is 11.5 Å². The van der Waals surface area contributed by atoms with Crippen molar-refractivity contribution in [3.8, 4) is 0 Å². The van der Waals surface area contributed by atoms with Gasteiger partial charge in [-0.25, -0.2) is 0 Å². The van der Waals surface area contributed by atoms with Crippen molar-refractivity contribution in [1.29, 1.82) is 0 Å². The number of nitrogens with zero attached hydrogens (tertiary/aromatic N) is 1. The van der Waals surface area contributed by atoms with Gasteiger partial charge in [-0.1, -0.05) is 0 Å². The molecular weight excluding hydrogens is 108 g/mol. The van der Waals surface area contributed by atoms with Crippen LogP contribution in [0.2, 0.25) is 0 Å². The van der Waals surface area contributed by atoms with E-state index in [9.17, 15) is 0 Å². The van der Waals surface area contributed by atoms with E-state index in [2.05, 4.69) is 11.6 Å². The molecule has 3 heteroatoms. The van der Waals surface area contributed by atoms with Crippen LogP contribution in [0.25, 0.3) is 0 Å². The number of nitrogens with one attached hydrogen (secondary N) is 1. The predicted octanol–water partition coefficient (Wildman–Crippen LogP) is 0.749. The van der Waals surface area contributed by atoms with E-state index in [1.807, 2.05) is 18.4 Å². The molecular formula is C4H7N2S. The van der Waals surface area contributed by atoms with Crippen molar-refractivity contribution in [2.45, 2.75) is 6.92 Å². The van der Waals surface area contributed by atoms with Gasteiger partial charge >= 0.3 is 0 Å². The van der Waals surface area contributed by atoms with Crippen LogP contribution in [0.1, 0.15) is 6.92 Å². The average molecular weight is 115 g/mol. The van der Waals surface area contributed by atoms with Gasteiger partial charge in [-0.3, -0.25) is 0 Å². The highest BCUT2D eigenvalue weighted by molar-refractivity contribution is 8.00. The highest BCUT2D eigenvalue weighted by Crippen LogP contribution is 2.19. The molecule has 1 rings (SSSR count). The van der Waals surface area contributed by atoms with Crippen LogP contribution in [0.5, 0.6) is 0 Å². The second kappa shape index (κ2) is 1.76. The highest BCUT2D eigenvalue weighted by Gasteiger charge is 2.04. The molecule has 7 heavy (non-hydrogen) atoms. The second-order valence-electron chi connectivity index (χ2n) is 1.38. The Morgan fingerprint density at radius 1 is 1.86 bits per heavy atom. The minimum Gasteiger partial charge on any atom is -0.306 e. The maximum absolute atomic E-state index is 2.92. The van der Waals surface area contributed by atoms with Gasteiger partial charge in [0.05, 0.1) is 6.20 Å². The zero-order valence-corrected chi connectivity index (χ0v) is 5.17. The number of hydrazine groups is 1. The lowest BCUT2D eigenvalue weighted by Crippen LogP contribution is -2.17. The molecule has 0 amide bonds. The van der Waals surface area contributed by atoms with Gasteiger partial charge < -0.3 is 5.43 Å². The summed E-state index contributed by atoms with van der Waals surface area (Å²) < 4.78 is 1.90. The number of allylic oxidation sites excluding steroid dienone is 1. The van der Waals surface area contributed by atoms with Crippen molar-refractivity contribution in [2.75, 3.05) is 7.05 Å². The summed E-state index contributed by atoms with van der Waals surface area (Å²) in [5.74, 6) is 0. The third-order valence-electron chi connectivity index (χ3n) is 0.663. The lowest BCUT2D eigenvalue weighted by molar-refractivity contribution is 0.495. The van der Waals surface area contributed by atoms with Crippen molar-refractivity contribution >= 4 is 11.9 Å². The van der Waals surface area contributed by atoms with E-state index in [1.54, 1.807) is 11.9 Å². The largest absolute Gasteiger partial charge is 0.306 e. The van der Waals surface area contributed by atoms with Crippen molar-refractivity contribution in [3.63, 3.8) is 0 Å². The van der Waals surface area contributed by atoms with Gasteiger partial charge in [0.25, 0.3) is 0 Å². The Bertz CT molecular complexity index is 99.9. The monoisotopic (exact) mass is 115 g/mol. The molecule has 0 spiro atoms. The van der Waals surface area contributed by atoms with E-state index in [4.69, 9.17) is 0 Å². The van der Waals surface area contributed by atoms with Crippen LogP contribution < -0.4 is 5.43 Å². The predicted molar refractivity (Wildman–Crippen MR) is 30.9 cm³/mol. The fourth-order valence-electron chi connectivity index (χ4n) is 0.408. The lowest BCUT2D eigenvalue weighted by Gasteiger charge is -2.03. The van der Waals surface area contributed by atoms with Gasteiger partial charge in [-0.05, 0) is 18.9 Å². The van der Waals surface area contributed by atoms with Crippen LogP contribution in [0, 0.1) is 6.20 Å². The second-order valence-corrected chi connectivity index (χ2v) is 2.72. The molecule has 0 unspecified atom stereocenters. The van der Waals surface area contributed by atoms with Gasteiger partial charge in [-0.15, -0.1) is 0 Å². The topological polar surface area (TPSA) is 15.3 Å². The quantitative estimate of drug-likeness (QED) is 0.469. The van der Waals surface area contributed by atoms with E-state index in [0.29, 0.717) is 0 Å². The Labute approximate surface area is 47.7 Å². The van der Waals surface area contributed by atoms with Crippen molar-refractivity contribution in [1.82, 2.24) is 9.84 Å². The molecule has 2 nitrogen and oxygen atoms in total. The van der Waals surface area contributed by atoms with Gasteiger partial charge in [0.2, 0.25) is 0 Å². The van der Waals surface area contributed by atoms with E-state index in [0.717, 1.165) is 0 Å². The minimum absolute atomic E-state index is 1.18. The third kappa shape index (κ3) is 1.11. The summed E-state index contributed by atoms with van der Waals surface area (Å²) in [5, 5.41) is 0. The molecule has 0 aliphatic carbocycles. The van der Waals surface area contributed by atoms with Crippen LogP contribution in [-0.2, 0) is 0 Å². The standard InChI is InChI=1S/C4H7N2S/c1-4-3-5-6(2)7-4/h5H,1-2H3. The van der Waals surface area contributed by atoms with Gasteiger partial charge in [0, 0.05) is 12.0 Å². The third-order valence-corrected chi connectivity index (χ3v) is 1.40. The first kappa shape index (κ1) is 5.00. The van der Waals surface area contributed by atoms with Crippen LogP contribution in [0.4, 0.5) is 0 Å². The lowest BCUT2D eigenvalue weighted by atomic mass is 10.7. The minimum atomic E-state index is 1.18. The van der Waals surface area contributed by atoms with Crippen LogP contribution >= 0.6 is 11.9 Å². The molecule has 1 aliphatic rings. The molecule has 0 aromatic rings. The summed E-state index contributed by atoms with van der Waals surface area (Å²) in [6.45, 7) is 2.02. The van der Waals surface area contributed by atoms with Gasteiger partial charge in [0.1, 0.15) is 0 Å². The van der Waals surface area contributed by atoms with E-state index in [-0.39, 0.29) is 0 Å². The molecule has 1 radical (unpaired) electrons. The SMILES string of the molecule is CC1=[C]NN(C)S1. The van der Waals surface area contributed by atoms with Crippen molar-refractivity contribution in [3.05, 3.63) is 11.1 Å². The normalized spacial score (nSPS) is 21.7. The maximum atomic E-state index is 2.92. The Balaban J connectivity index is 2.42. The van der Waals surface area contributed by atoms with Crippen LogP contribution in [0.15, 0.2) is 4.91 Å². The summed E-state index contributed by atoms with van der Waals surface area (Å²) in [5.41, 5.74) is 2.88. The molecule has 0 aromatic heterocycles. The average Bonchev–Trinajstić information content (AvgIpc) is 1.87. The summed E-state index contributed by atoms with van der Waals surface area (Å²) in [4.78, 5) is 1.18. The van der Waals surface area contributed by atoms with Crippen molar-refractivity contribution in [2.24, 2.45) is 0 Å². The Morgan fingerprint density at radius 2 is 2.57 bits per heavy atom. The first-order chi connectivity index (χ1) is 3.29. The van der Waals surface area contributed by atoms with Gasteiger partial charge in [0.15, 0.2) is 0 Å². The molecule has 1 heterocycles. The molecule has 0 saturated carbocycles. The van der Waals surface area contributed by atoms with Crippen LogP contribution in [0.3, 0.4) is 0 Å². The van der Waals surface area contributed by atoms with E-state index in [1.165, 1.54) is 4.91 Å². The summed E-state index contributed by atoms with van der Waals surface area (Å²) in [6.07, 6.45) is 2.92. The summed E-state index contributed by atoms with van der Waals surface area (Å²) >= 11 is 1.65. The molecule has 0 atom stereocenters. The molecule has 39 valence electrons. The smallest absolute Gasteiger partial charge is 0.0859 e. The van der Waals surface area contributed by atoms with Crippen molar-refractivity contribution < 1.29 is 0 Å². The Kier molecular flexibility index (Phi) is 1.25. The van der Waals surface area contributed by atoms with Gasteiger partial charge in [-0.2, -0.15) is 4.41 Å². The summed E-state index contributed by atoms with van der Waals surface area (Å²) in [6, 6.07) is 0. The zero-order valence-electron chi connectivity index (χ0n) is 4.36. The van der Waals surface area contributed by atoms with E-state index < -0.39 is 0 Å². The molecule has 1 N–H and O–H groups in total. The first-order valence-electron chi connectivity index (χ1n) is 2.06. The zero-order chi connectivity index (χ0) is 5.28. The first-order valence-corrected chi connectivity index (χ1v) is 2.83. The highest BCUT2D eigenvalue weighted by atomic mass is 32.2. The summed E-state index contributed by atoms with van der Waals surface area (Å²) in [7, 11) is 1.95. The molecule has 0 saturated heterocycles. The Morgan fingerprint density at radius 3 is 2.71 bits per heavy atom. The number of hydrogen-bond donors (Lipinski definition) is 1. The number of hydrogen-bond acceptors (Lipinski definition) is 3. The number of rotatable bonds is 0. The molecule has 0 aromatic carbocycles. The Hall–Kier alpha value is -0.150.